The molecule has 0 spiro atoms. The first-order valence-electron chi connectivity index (χ1n) is 3.49. The second-order valence-corrected chi connectivity index (χ2v) is 3.01. The van der Waals surface area contributed by atoms with Crippen molar-refractivity contribution in [1.82, 2.24) is 0 Å². The topological polar surface area (TPSA) is 17.1 Å². The highest BCUT2D eigenvalue weighted by Crippen LogP contribution is 2.26. The molecule has 82 valence electrons. The van der Waals surface area contributed by atoms with Crippen molar-refractivity contribution in [3.05, 3.63) is 34.4 Å². The van der Waals surface area contributed by atoms with Gasteiger partial charge < -0.3 is 0 Å². The summed E-state index contributed by atoms with van der Waals surface area (Å²) in [5.41, 5.74) is -1.65. The van der Waals surface area contributed by atoms with Crippen LogP contribution in [-0.4, -0.2) is 12.0 Å². The molecule has 1 nitrogen and oxygen atoms in total. The van der Waals surface area contributed by atoms with Crippen LogP contribution in [0.2, 0.25) is 5.02 Å². The van der Waals surface area contributed by atoms with Crippen LogP contribution in [-0.2, 0) is 0 Å². The summed E-state index contributed by atoms with van der Waals surface area (Å²) < 4.78 is 61.3. The average molecular weight is 245 g/mol. The fourth-order valence-electron chi connectivity index (χ4n) is 0.901. The predicted molar refractivity (Wildman–Crippen MR) is 41.8 cm³/mol. The van der Waals surface area contributed by atoms with Gasteiger partial charge in [0.2, 0.25) is 0 Å². The van der Waals surface area contributed by atoms with Gasteiger partial charge in [0.05, 0.1) is 5.56 Å². The monoisotopic (exact) mass is 244 g/mol. The molecule has 7 heteroatoms. The first-order valence-corrected chi connectivity index (χ1v) is 3.87. The Morgan fingerprint density at radius 1 is 1.13 bits per heavy atom. The SMILES string of the molecule is O=C(c1c(F)cc(Cl)cc1F)C(F)(F)F. The zero-order chi connectivity index (χ0) is 11.8. The van der Waals surface area contributed by atoms with Gasteiger partial charge in [0.1, 0.15) is 11.6 Å². The number of benzene rings is 1. The summed E-state index contributed by atoms with van der Waals surface area (Å²) in [6.07, 6.45) is -5.32. The summed E-state index contributed by atoms with van der Waals surface area (Å²) in [4.78, 5) is 10.6. The maximum absolute atomic E-state index is 12.8. The number of carbonyl (C=O) groups excluding carboxylic acids is 1. The number of alkyl halides is 3. The fraction of sp³-hybridized carbons (Fsp3) is 0.125. The molecule has 0 aliphatic heterocycles. The lowest BCUT2D eigenvalue weighted by molar-refractivity contribution is -0.0890. The summed E-state index contributed by atoms with van der Waals surface area (Å²) >= 11 is 5.17. The van der Waals surface area contributed by atoms with E-state index >= 15 is 0 Å². The van der Waals surface area contributed by atoms with Crippen molar-refractivity contribution in [3.63, 3.8) is 0 Å². The van der Waals surface area contributed by atoms with E-state index in [9.17, 15) is 26.7 Å². The van der Waals surface area contributed by atoms with Crippen LogP contribution in [0.5, 0.6) is 0 Å². The summed E-state index contributed by atoms with van der Waals surface area (Å²) in [7, 11) is 0. The van der Waals surface area contributed by atoms with Gasteiger partial charge in [-0.15, -0.1) is 0 Å². The Hall–Kier alpha value is -1.17. The number of ketones is 1. The van der Waals surface area contributed by atoms with Crippen LogP contribution in [0.3, 0.4) is 0 Å². The van der Waals surface area contributed by atoms with Gasteiger partial charge in [-0.05, 0) is 12.1 Å². The number of hydrogen-bond acceptors (Lipinski definition) is 1. The molecule has 0 aromatic heterocycles. The smallest absolute Gasteiger partial charge is 0.284 e. The first-order chi connectivity index (χ1) is 6.73. The number of hydrogen-bond donors (Lipinski definition) is 0. The number of halogens is 6. The molecular weight excluding hydrogens is 243 g/mol. The standard InChI is InChI=1S/C8H2ClF5O/c9-3-1-4(10)6(5(11)2-3)7(15)8(12,13)14/h1-2H. The molecule has 1 aromatic carbocycles. The lowest BCUT2D eigenvalue weighted by Gasteiger charge is -2.07. The highest BCUT2D eigenvalue weighted by atomic mass is 35.5. The molecule has 0 saturated carbocycles. The van der Waals surface area contributed by atoms with Gasteiger partial charge in [0, 0.05) is 5.02 Å². The van der Waals surface area contributed by atoms with Gasteiger partial charge in [-0.3, -0.25) is 4.79 Å². The Morgan fingerprint density at radius 3 is 1.87 bits per heavy atom. The Labute approximate surface area is 85.5 Å². The van der Waals surface area contributed by atoms with E-state index in [1.54, 1.807) is 0 Å². The van der Waals surface area contributed by atoms with Crippen molar-refractivity contribution >= 4 is 17.4 Å². The van der Waals surface area contributed by atoms with E-state index in [4.69, 9.17) is 11.6 Å². The number of rotatable bonds is 1. The zero-order valence-corrected chi connectivity index (χ0v) is 7.59. The van der Waals surface area contributed by atoms with Gasteiger partial charge >= 0.3 is 6.18 Å². The van der Waals surface area contributed by atoms with E-state index in [2.05, 4.69) is 0 Å². The van der Waals surface area contributed by atoms with Crippen molar-refractivity contribution in [1.29, 1.82) is 0 Å². The van der Waals surface area contributed by atoms with Gasteiger partial charge in [-0.25, -0.2) is 8.78 Å². The van der Waals surface area contributed by atoms with Crippen LogP contribution in [0, 0.1) is 11.6 Å². The van der Waals surface area contributed by atoms with Crippen molar-refractivity contribution in [2.24, 2.45) is 0 Å². The summed E-state index contributed by atoms with van der Waals surface area (Å²) in [5.74, 6) is -5.85. The second-order valence-electron chi connectivity index (χ2n) is 2.57. The van der Waals surface area contributed by atoms with Crippen molar-refractivity contribution in [3.8, 4) is 0 Å². The Bertz CT molecular complexity index is 389. The van der Waals surface area contributed by atoms with E-state index < -0.39 is 34.2 Å². The van der Waals surface area contributed by atoms with E-state index in [1.165, 1.54) is 0 Å². The molecule has 0 saturated heterocycles. The molecule has 0 unspecified atom stereocenters. The molecule has 0 amide bonds. The highest BCUT2D eigenvalue weighted by molar-refractivity contribution is 6.30. The molecular formula is C8H2ClF5O. The van der Waals surface area contributed by atoms with E-state index in [0.29, 0.717) is 12.1 Å². The van der Waals surface area contributed by atoms with Crippen LogP contribution >= 0.6 is 11.6 Å². The predicted octanol–water partition coefficient (Wildman–Crippen LogP) is 3.36. The summed E-state index contributed by atoms with van der Waals surface area (Å²) in [6.45, 7) is 0. The quantitative estimate of drug-likeness (QED) is 0.547. The maximum atomic E-state index is 12.8. The van der Waals surface area contributed by atoms with Gasteiger partial charge in [-0.1, -0.05) is 11.6 Å². The molecule has 0 heterocycles. The Balaban J connectivity index is 3.33. The molecule has 0 aliphatic carbocycles. The molecule has 1 aromatic rings. The van der Waals surface area contributed by atoms with Gasteiger partial charge in [0.15, 0.2) is 0 Å². The summed E-state index contributed by atoms with van der Waals surface area (Å²) in [6, 6.07) is 0.868. The second kappa shape index (κ2) is 3.77. The van der Waals surface area contributed by atoms with Crippen LogP contribution < -0.4 is 0 Å². The third-order valence-corrected chi connectivity index (χ3v) is 1.71. The minimum atomic E-state index is -5.32. The third kappa shape index (κ3) is 2.44. The van der Waals surface area contributed by atoms with Crippen LogP contribution in [0.15, 0.2) is 12.1 Å². The number of Topliss-reactive ketones (excluding diaryl/α,β-unsaturated/α-hetero) is 1. The Morgan fingerprint density at radius 2 is 1.53 bits per heavy atom. The van der Waals surface area contributed by atoms with Crippen molar-refractivity contribution in [2.75, 3.05) is 0 Å². The largest absolute Gasteiger partial charge is 0.455 e. The zero-order valence-electron chi connectivity index (χ0n) is 6.83. The molecule has 0 fully saturated rings. The maximum Gasteiger partial charge on any atom is 0.455 e. The fourth-order valence-corrected chi connectivity index (χ4v) is 1.09. The van der Waals surface area contributed by atoms with Gasteiger partial charge in [0.25, 0.3) is 5.78 Å². The molecule has 0 aliphatic rings. The van der Waals surface area contributed by atoms with Crippen molar-refractivity contribution in [2.45, 2.75) is 6.18 Å². The minimum absolute atomic E-state index is 0.427. The van der Waals surface area contributed by atoms with Gasteiger partial charge in [-0.2, -0.15) is 13.2 Å². The van der Waals surface area contributed by atoms with E-state index in [-0.39, 0.29) is 0 Å². The molecule has 0 radical (unpaired) electrons. The molecule has 0 bridgehead atoms. The van der Waals surface area contributed by atoms with Crippen LogP contribution in [0.4, 0.5) is 22.0 Å². The molecule has 0 N–H and O–H groups in total. The molecule has 15 heavy (non-hydrogen) atoms. The van der Waals surface area contributed by atoms with Crippen molar-refractivity contribution < 1.29 is 26.7 Å². The third-order valence-electron chi connectivity index (χ3n) is 1.49. The average Bonchev–Trinajstić information content (AvgIpc) is 1.99. The van der Waals surface area contributed by atoms with Crippen LogP contribution in [0.25, 0.3) is 0 Å². The first kappa shape index (κ1) is 11.9. The summed E-state index contributed by atoms with van der Waals surface area (Å²) in [5, 5.41) is -0.427. The molecule has 0 atom stereocenters. The lowest BCUT2D eigenvalue weighted by Crippen LogP contribution is -2.25. The highest BCUT2D eigenvalue weighted by Gasteiger charge is 2.42. The minimum Gasteiger partial charge on any atom is -0.284 e. The van der Waals surface area contributed by atoms with E-state index in [0.717, 1.165) is 0 Å². The van der Waals surface area contributed by atoms with E-state index in [1.807, 2.05) is 0 Å². The normalized spacial score (nSPS) is 11.6. The molecule has 1 rings (SSSR count). The Kier molecular flexibility index (Phi) is 2.99. The van der Waals surface area contributed by atoms with Crippen LogP contribution in [0.1, 0.15) is 10.4 Å². The lowest BCUT2D eigenvalue weighted by atomic mass is 10.1. The number of carbonyl (C=O) groups is 1.